The predicted octanol–water partition coefficient (Wildman–Crippen LogP) is 5.88. The number of sulfonamides is 1. The SMILES string of the molecule is CCS(=O)(=O)N1CC(COc2cc(C)c(-c3ccc(F)c4c3CC[C@H]4Oc3ccc4c(c3)OC[C@H]4CC(=O)OC)c(C)c2)C1. The molecular formula is C34H38FNO7S. The molecule has 1 fully saturated rings. The number of esters is 1. The number of halogens is 1. The maximum atomic E-state index is 15.4. The Labute approximate surface area is 258 Å². The molecule has 1 aliphatic carbocycles. The average molecular weight is 624 g/mol. The Kier molecular flexibility index (Phi) is 8.32. The molecule has 1 saturated heterocycles. The van der Waals surface area contributed by atoms with Gasteiger partial charge in [0, 0.05) is 42.1 Å². The smallest absolute Gasteiger partial charge is 0.306 e. The summed E-state index contributed by atoms with van der Waals surface area (Å²) < 4.78 is 63.9. The lowest BCUT2D eigenvalue weighted by atomic mass is 9.90. The van der Waals surface area contributed by atoms with Gasteiger partial charge in [0.05, 0.1) is 32.5 Å². The number of carbonyl (C=O) groups is 1. The summed E-state index contributed by atoms with van der Waals surface area (Å²) in [6, 6.07) is 13.0. The Morgan fingerprint density at radius 3 is 2.52 bits per heavy atom. The quantitative estimate of drug-likeness (QED) is 0.261. The Balaban J connectivity index is 1.17. The van der Waals surface area contributed by atoms with Gasteiger partial charge in [-0.3, -0.25) is 4.79 Å². The summed E-state index contributed by atoms with van der Waals surface area (Å²) >= 11 is 0. The van der Waals surface area contributed by atoms with Crippen molar-refractivity contribution in [1.82, 2.24) is 4.31 Å². The van der Waals surface area contributed by atoms with Gasteiger partial charge in [-0.05, 0) is 85.7 Å². The zero-order valence-electron chi connectivity index (χ0n) is 25.5. The van der Waals surface area contributed by atoms with Gasteiger partial charge in [-0.15, -0.1) is 0 Å². The van der Waals surface area contributed by atoms with Crippen LogP contribution in [0.5, 0.6) is 17.2 Å². The first kappa shape index (κ1) is 30.4. The second-order valence-electron chi connectivity index (χ2n) is 11.9. The minimum absolute atomic E-state index is 0.0600. The van der Waals surface area contributed by atoms with E-state index in [9.17, 15) is 13.2 Å². The molecule has 2 atom stereocenters. The average Bonchev–Trinajstić information content (AvgIpc) is 3.57. The van der Waals surface area contributed by atoms with Crippen molar-refractivity contribution in [2.75, 3.05) is 39.2 Å². The number of hydrogen-bond acceptors (Lipinski definition) is 7. The fourth-order valence-electron chi connectivity index (χ4n) is 6.66. The van der Waals surface area contributed by atoms with E-state index >= 15 is 4.39 Å². The fraction of sp³-hybridized carbons (Fsp3) is 0.441. The third-order valence-electron chi connectivity index (χ3n) is 9.01. The van der Waals surface area contributed by atoms with E-state index in [4.69, 9.17) is 18.9 Å². The number of benzene rings is 3. The Morgan fingerprint density at radius 1 is 1.07 bits per heavy atom. The highest BCUT2D eigenvalue weighted by molar-refractivity contribution is 7.89. The molecule has 0 unspecified atom stereocenters. The molecule has 8 nitrogen and oxygen atoms in total. The molecular weight excluding hydrogens is 585 g/mol. The van der Waals surface area contributed by atoms with Crippen LogP contribution in [0.1, 0.15) is 59.6 Å². The number of nitrogens with zero attached hydrogens (tertiary/aromatic N) is 1. The molecule has 234 valence electrons. The van der Waals surface area contributed by atoms with Crippen LogP contribution in [0.3, 0.4) is 0 Å². The van der Waals surface area contributed by atoms with Crippen molar-refractivity contribution in [3.63, 3.8) is 0 Å². The van der Waals surface area contributed by atoms with Crippen molar-refractivity contribution in [2.45, 2.75) is 52.1 Å². The van der Waals surface area contributed by atoms with Gasteiger partial charge in [-0.1, -0.05) is 12.1 Å². The van der Waals surface area contributed by atoms with Crippen LogP contribution in [-0.4, -0.2) is 57.9 Å². The normalized spacial score (nSPS) is 19.6. The van der Waals surface area contributed by atoms with Gasteiger partial charge in [0.15, 0.2) is 0 Å². The van der Waals surface area contributed by atoms with Gasteiger partial charge in [0.25, 0.3) is 0 Å². The van der Waals surface area contributed by atoms with Crippen LogP contribution in [0.15, 0.2) is 42.5 Å². The van der Waals surface area contributed by atoms with Crippen molar-refractivity contribution in [2.24, 2.45) is 5.92 Å². The van der Waals surface area contributed by atoms with Crippen molar-refractivity contribution in [3.8, 4) is 28.4 Å². The molecule has 3 aromatic rings. The second kappa shape index (κ2) is 12.0. The molecule has 2 heterocycles. The van der Waals surface area contributed by atoms with Gasteiger partial charge in [-0.2, -0.15) is 0 Å². The van der Waals surface area contributed by atoms with Gasteiger partial charge in [0.1, 0.15) is 29.2 Å². The third kappa shape index (κ3) is 5.77. The standard InChI is InChI=1S/C34H38FNO7S/c1-5-44(38,39)36-16-22(17-36)18-41-25-12-20(2)33(21(3)13-25)27-8-10-29(35)34-28(27)9-11-30(34)43-24-6-7-26-23(14-32(37)40-4)19-42-31(26)15-24/h6-8,10,12-13,15,22-23,30H,5,9,11,14,16-19H2,1-4H3/t23-,30-/m1/s1. The maximum absolute atomic E-state index is 15.4. The fourth-order valence-corrected chi connectivity index (χ4v) is 7.90. The molecule has 0 bridgehead atoms. The largest absolute Gasteiger partial charge is 0.493 e. The lowest BCUT2D eigenvalue weighted by Crippen LogP contribution is -2.52. The number of ether oxygens (including phenoxy) is 4. The van der Waals surface area contributed by atoms with Gasteiger partial charge < -0.3 is 18.9 Å². The molecule has 0 aromatic heterocycles. The van der Waals surface area contributed by atoms with Crippen LogP contribution in [0.4, 0.5) is 4.39 Å². The Morgan fingerprint density at radius 2 is 1.82 bits per heavy atom. The lowest BCUT2D eigenvalue weighted by molar-refractivity contribution is -0.141. The predicted molar refractivity (Wildman–Crippen MR) is 164 cm³/mol. The van der Waals surface area contributed by atoms with Gasteiger partial charge in [0.2, 0.25) is 10.0 Å². The second-order valence-corrected chi connectivity index (χ2v) is 14.2. The summed E-state index contributed by atoms with van der Waals surface area (Å²) in [4.78, 5) is 11.8. The van der Waals surface area contributed by atoms with Crippen molar-refractivity contribution in [1.29, 1.82) is 0 Å². The molecule has 10 heteroatoms. The van der Waals surface area contributed by atoms with Crippen LogP contribution in [0.25, 0.3) is 11.1 Å². The van der Waals surface area contributed by atoms with Crippen LogP contribution < -0.4 is 14.2 Å². The Bertz CT molecular complexity index is 1680. The van der Waals surface area contributed by atoms with E-state index in [1.165, 1.54) is 17.5 Å². The summed E-state index contributed by atoms with van der Waals surface area (Å²) in [7, 11) is -1.77. The molecule has 6 rings (SSSR count). The van der Waals surface area contributed by atoms with E-state index in [-0.39, 0.29) is 35.8 Å². The molecule has 2 aliphatic heterocycles. The van der Waals surface area contributed by atoms with E-state index in [0.29, 0.717) is 56.2 Å². The van der Waals surface area contributed by atoms with E-state index in [0.717, 1.165) is 39.1 Å². The molecule has 0 radical (unpaired) electrons. The highest BCUT2D eigenvalue weighted by atomic mass is 32.2. The molecule has 44 heavy (non-hydrogen) atoms. The van der Waals surface area contributed by atoms with Crippen LogP contribution in [-0.2, 0) is 26.0 Å². The van der Waals surface area contributed by atoms with Crippen molar-refractivity contribution in [3.05, 3.63) is 76.1 Å². The highest BCUT2D eigenvalue weighted by Gasteiger charge is 2.35. The molecule has 3 aromatic carbocycles. The summed E-state index contributed by atoms with van der Waals surface area (Å²) in [5.41, 5.74) is 6.59. The number of aryl methyl sites for hydroxylation is 2. The van der Waals surface area contributed by atoms with Crippen LogP contribution >= 0.6 is 0 Å². The number of carbonyl (C=O) groups excluding carboxylic acids is 1. The minimum atomic E-state index is -3.14. The first-order valence-electron chi connectivity index (χ1n) is 15.1. The summed E-state index contributed by atoms with van der Waals surface area (Å²) in [5.74, 6) is 1.69. The van der Waals surface area contributed by atoms with E-state index in [2.05, 4.69) is 0 Å². The van der Waals surface area contributed by atoms with Crippen LogP contribution in [0, 0.1) is 25.6 Å². The van der Waals surface area contributed by atoms with Gasteiger partial charge in [-0.25, -0.2) is 17.1 Å². The van der Waals surface area contributed by atoms with Gasteiger partial charge >= 0.3 is 5.97 Å². The monoisotopic (exact) mass is 623 g/mol. The third-order valence-corrected chi connectivity index (χ3v) is 10.8. The topological polar surface area (TPSA) is 91.4 Å². The van der Waals surface area contributed by atoms with Crippen LogP contribution in [0.2, 0.25) is 0 Å². The Hall–Kier alpha value is -3.63. The minimum Gasteiger partial charge on any atom is -0.493 e. The first-order chi connectivity index (χ1) is 21.1. The summed E-state index contributed by atoms with van der Waals surface area (Å²) in [6.07, 6.45) is 1.16. The zero-order valence-corrected chi connectivity index (χ0v) is 26.3. The molecule has 0 saturated carbocycles. The molecule has 3 aliphatic rings. The molecule has 0 amide bonds. The van der Waals surface area contributed by atoms with E-state index in [1.807, 2.05) is 50.2 Å². The molecule has 0 spiro atoms. The number of hydrogen-bond donors (Lipinski definition) is 0. The number of fused-ring (bicyclic) bond motifs is 2. The van der Waals surface area contributed by atoms with E-state index in [1.54, 1.807) is 6.92 Å². The summed E-state index contributed by atoms with van der Waals surface area (Å²) in [5, 5.41) is 0. The van der Waals surface area contributed by atoms with E-state index < -0.39 is 16.1 Å². The lowest BCUT2D eigenvalue weighted by Gasteiger charge is -2.37. The molecule has 0 N–H and O–H groups in total. The zero-order chi connectivity index (χ0) is 31.2. The summed E-state index contributed by atoms with van der Waals surface area (Å²) in [6.45, 7) is 7.57. The van der Waals surface area contributed by atoms with Crippen molar-refractivity contribution >= 4 is 16.0 Å². The number of methoxy groups -OCH3 is 1. The maximum Gasteiger partial charge on any atom is 0.306 e. The van der Waals surface area contributed by atoms with Crippen molar-refractivity contribution < 1.29 is 36.6 Å². The number of rotatable bonds is 10. The highest BCUT2D eigenvalue weighted by Crippen LogP contribution is 2.45. The first-order valence-corrected chi connectivity index (χ1v) is 16.7.